The Labute approximate surface area is 767 Å². The van der Waals surface area contributed by atoms with Crippen molar-refractivity contribution in [1.29, 1.82) is 0 Å². The molecule has 36 nitrogen and oxygen atoms in total. The number of hydrogen-bond acceptors (Lipinski definition) is 28. The molecule has 16 aromatic rings. The topological polar surface area (TPSA) is 451 Å². The van der Waals surface area contributed by atoms with Crippen LogP contribution in [0.3, 0.4) is 0 Å². The molecule has 1 aliphatic carbocycles. The first kappa shape index (κ1) is 94.1. The maximum Gasteiger partial charge on any atom is 0.341 e. The summed E-state index contributed by atoms with van der Waals surface area (Å²) in [5.74, 6) is 3.26. The zero-order valence-corrected chi connectivity index (χ0v) is 75.3. The van der Waals surface area contributed by atoms with Gasteiger partial charge in [0.2, 0.25) is 29.4 Å². The highest BCUT2D eigenvalue weighted by Crippen LogP contribution is 2.39. The highest BCUT2D eigenvalue weighted by Gasteiger charge is 2.29. The number of carboxylic acids is 1. The second-order valence-electron chi connectivity index (χ2n) is 28.9. The molecule has 1 fully saturated rings. The molecule has 0 spiro atoms. The van der Waals surface area contributed by atoms with E-state index in [1.807, 2.05) is 104 Å². The van der Waals surface area contributed by atoms with E-state index in [0.717, 1.165) is 90.3 Å². The third kappa shape index (κ3) is 22.6. The number of aromatic amines is 4. The molecule has 17 rings (SSSR count). The molecule has 5 aromatic carbocycles. The van der Waals surface area contributed by atoms with E-state index in [1.165, 1.54) is 34.5 Å². The van der Waals surface area contributed by atoms with Crippen LogP contribution in [0.1, 0.15) is 141 Å². The predicted molar refractivity (Wildman–Crippen MR) is 506 cm³/mol. The molecule has 11 aromatic heterocycles. The average molecular weight is 1810 g/mol. The Kier molecular flexibility index (Phi) is 31.6. The fourth-order valence-electron chi connectivity index (χ4n) is 13.8. The fraction of sp³-hybridized carbons (Fsp3) is 0.194. The lowest BCUT2D eigenvalue weighted by Gasteiger charge is -2.10. The molecule has 11 heterocycles. The average Bonchev–Trinajstić information content (AvgIpc) is 1.61. The Morgan fingerprint density at radius 1 is 0.396 bits per heavy atom. The van der Waals surface area contributed by atoms with Gasteiger partial charge in [0.1, 0.15) is 51.2 Å². The maximum absolute atomic E-state index is 12.7. The minimum atomic E-state index is -1.05. The number of aromatic nitrogens is 15. The third-order valence-electron chi connectivity index (χ3n) is 20.5. The molecule has 0 atom stereocenters. The second kappa shape index (κ2) is 45.0. The van der Waals surface area contributed by atoms with Crippen LogP contribution < -0.4 is 58.0 Å². The number of aryl methyl sites for hydroxylation is 1. The fourth-order valence-corrected chi connectivity index (χ4v) is 13.8. The van der Waals surface area contributed by atoms with E-state index in [0.29, 0.717) is 127 Å². The van der Waals surface area contributed by atoms with Crippen molar-refractivity contribution < 1.29 is 90.3 Å². The molecule has 0 unspecified atom stereocenters. The molecule has 7 N–H and O–H groups in total. The lowest BCUT2D eigenvalue weighted by atomic mass is 10.1. The van der Waals surface area contributed by atoms with Gasteiger partial charge in [0, 0.05) is 74.4 Å². The van der Waals surface area contributed by atoms with E-state index in [-0.39, 0.29) is 35.7 Å². The number of H-pyrrole nitrogens is 4. The molecule has 1 saturated carbocycles. The van der Waals surface area contributed by atoms with Crippen LogP contribution >= 0.6 is 0 Å². The summed E-state index contributed by atoms with van der Waals surface area (Å²) < 4.78 is 70.0. The first-order chi connectivity index (χ1) is 65.3. The lowest BCUT2D eigenvalue weighted by molar-refractivity contribution is 0.0513. The summed E-state index contributed by atoms with van der Waals surface area (Å²) in [5.41, 5.74) is 13.4. The first-order valence-electron chi connectivity index (χ1n) is 41.6. The van der Waals surface area contributed by atoms with Gasteiger partial charge in [-0.05, 0) is 188 Å². The number of fused-ring (bicyclic) bond motifs is 5. The van der Waals surface area contributed by atoms with Crippen molar-refractivity contribution in [3.8, 4) is 58.1 Å². The molecule has 0 bridgehead atoms. The number of ether oxygens (including phenoxy) is 12. The van der Waals surface area contributed by atoms with E-state index >= 15 is 0 Å². The monoisotopic (exact) mass is 1810 g/mol. The number of pyridine rings is 5. The summed E-state index contributed by atoms with van der Waals surface area (Å²) in [6.45, 7) is 4.41. The highest BCUT2D eigenvalue weighted by molar-refractivity contribution is 6.09. The number of methoxy groups -OCH3 is 10. The molecular formula is C98H95N17O19. The van der Waals surface area contributed by atoms with Gasteiger partial charge in [0.05, 0.1) is 191 Å². The summed E-state index contributed by atoms with van der Waals surface area (Å²) >= 11 is 0. The minimum Gasteiger partial charge on any atom is -0.495 e. The summed E-state index contributed by atoms with van der Waals surface area (Å²) in [6.07, 6.45) is 30.9. The number of aromatic carboxylic acids is 1. The summed E-state index contributed by atoms with van der Waals surface area (Å²) in [6, 6.07) is 39.3. The number of carbonyl (C=O) groups is 5. The van der Waals surface area contributed by atoms with Crippen molar-refractivity contribution in [2.24, 2.45) is 7.05 Å². The third-order valence-corrected chi connectivity index (χ3v) is 20.5. The molecule has 686 valence electrons. The molecule has 134 heavy (non-hydrogen) atoms. The number of carbonyl (C=O) groups excluding carboxylic acids is 4. The van der Waals surface area contributed by atoms with Gasteiger partial charge in [-0.1, -0.05) is 30.4 Å². The number of esters is 2. The van der Waals surface area contributed by atoms with Gasteiger partial charge >= 0.3 is 17.9 Å². The number of rotatable bonds is 30. The molecule has 0 saturated heterocycles. The van der Waals surface area contributed by atoms with Gasteiger partial charge in [0.25, 0.3) is 11.8 Å². The number of hydrogen-bond donors (Lipinski definition) is 7. The molecule has 2 amide bonds. The Morgan fingerprint density at radius 2 is 0.724 bits per heavy atom. The van der Waals surface area contributed by atoms with Gasteiger partial charge in [0.15, 0.2) is 0 Å². The molecule has 0 aliphatic heterocycles. The number of furan rings is 1. The standard InChI is InChI=1S/C22H20N4O4.C20H20N4O3.C20H21N3O4.C19H19N3O4.C17H15N3O4/c1-28-19-10-6-14(12-23-19)5-8-17-20-18(26-25-17)9-7-16(21(20)29-2)22(27)24-13-15-4-3-11-30-15;1-26-17-10-4-12(11-21-17)3-8-15-18-16(24-23-15)9-7-14(19(18)27-2)20(25)22-13-5-6-13;1-5-27-20(24)14-8-10-16-18(19(14)26-4)15(22-23(16)2)9-6-13-7-11-17(25-3)21-12-13;1-4-26-19(23)13-7-9-15-17(18(13)25-3)14(21-22-15)8-5-12-6-10-16(24-2)20-11-12;1-23-14-8-4-10(9-18-14)3-6-12-15-13(20-19-12)7-5-11(17(21)22)16(15)24-2/h3-12H,13H2,1-2H3,(H,24,27)(H,25,26);3-4,7-11,13H,5-6H2,1-2H3,(H,22,25)(H,23,24);6-12H,5H2,1-4H3;5-11H,4H2,1-3H3,(H,21,22);3-9H,1-2H3,(H,19,20)(H,21,22)/b8-5+;8-3+;9-6+;8-5+;6-3+. The van der Waals surface area contributed by atoms with Gasteiger partial charge in [-0.15, -0.1) is 0 Å². The van der Waals surface area contributed by atoms with Crippen LogP contribution in [0.2, 0.25) is 0 Å². The van der Waals surface area contributed by atoms with Crippen molar-refractivity contribution in [2.75, 3.05) is 84.3 Å². The van der Waals surface area contributed by atoms with E-state index in [2.05, 4.69) is 81.4 Å². The van der Waals surface area contributed by atoms with Crippen LogP contribution in [0.15, 0.2) is 175 Å². The molecular weight excluding hydrogens is 1720 g/mol. The van der Waals surface area contributed by atoms with Gasteiger partial charge in [-0.3, -0.25) is 34.7 Å². The number of benzene rings is 5. The van der Waals surface area contributed by atoms with Gasteiger partial charge in [-0.2, -0.15) is 25.5 Å². The lowest BCUT2D eigenvalue weighted by Crippen LogP contribution is -2.25. The maximum atomic E-state index is 12.7. The number of carboxylic acid groups (broad SMARTS) is 1. The molecule has 0 radical (unpaired) electrons. The zero-order valence-electron chi connectivity index (χ0n) is 75.3. The molecule has 1 aliphatic rings. The quantitative estimate of drug-likeness (QED) is 0.0206. The van der Waals surface area contributed by atoms with Crippen LogP contribution in [0.4, 0.5) is 0 Å². The summed E-state index contributed by atoms with van der Waals surface area (Å²) in [7, 11) is 17.3. The summed E-state index contributed by atoms with van der Waals surface area (Å²) in [5, 5.41) is 52.2. The van der Waals surface area contributed by atoms with Crippen molar-refractivity contribution in [3.63, 3.8) is 0 Å². The highest BCUT2D eigenvalue weighted by atomic mass is 16.5. The first-order valence-corrected chi connectivity index (χ1v) is 41.6. The van der Waals surface area contributed by atoms with Gasteiger partial charge in [-0.25, -0.2) is 39.3 Å². The van der Waals surface area contributed by atoms with E-state index < -0.39 is 17.9 Å². The van der Waals surface area contributed by atoms with Crippen molar-refractivity contribution in [3.05, 3.63) is 261 Å². The second-order valence-corrected chi connectivity index (χ2v) is 28.9. The smallest absolute Gasteiger partial charge is 0.341 e. The SMILES string of the molecule is CCOC(=O)c1ccc2c(c(/C=C/c3ccc(OC)nc3)nn2C)c1OC.CCOC(=O)c1ccc2n[nH]c(/C=C/c3ccc(OC)nc3)c2c1OC.COc1ccc(/C=C/c2[nH]nc3ccc(C(=O)NC4CC4)c(OC)c23)cn1.COc1ccc(/C=C/c2[nH]nc3ccc(C(=O)NCc4ccco4)c(OC)c23)cn1.COc1ccc(/C=C/c2[nH]nc3ccc(C(=O)O)c(OC)c23)cn1. The van der Waals surface area contributed by atoms with Crippen LogP contribution in [0.5, 0.6) is 58.1 Å². The van der Waals surface area contributed by atoms with Crippen molar-refractivity contribution >= 4 is 145 Å². The zero-order chi connectivity index (χ0) is 94.7. The van der Waals surface area contributed by atoms with Crippen LogP contribution in [-0.2, 0) is 23.1 Å². The Hall–Kier alpha value is -17.5. The van der Waals surface area contributed by atoms with Crippen LogP contribution in [0.25, 0.3) is 115 Å². The number of nitrogens with one attached hydrogen (secondary N) is 6. The van der Waals surface area contributed by atoms with Crippen LogP contribution in [0, 0.1) is 0 Å². The van der Waals surface area contributed by atoms with Gasteiger partial charge < -0.3 is 77.0 Å². The normalized spacial score (nSPS) is 11.6. The van der Waals surface area contributed by atoms with E-state index in [9.17, 15) is 29.1 Å². The largest absolute Gasteiger partial charge is 0.495 e. The van der Waals surface area contributed by atoms with E-state index in [1.54, 1.807) is 189 Å². The number of amides is 2. The Balaban J connectivity index is 0.000000142. The van der Waals surface area contributed by atoms with Crippen molar-refractivity contribution in [2.45, 2.75) is 39.3 Å². The Morgan fingerprint density at radius 3 is 1.04 bits per heavy atom. The Bertz CT molecular complexity index is 6960. The van der Waals surface area contributed by atoms with Crippen LogP contribution in [-0.4, -0.2) is 201 Å². The number of nitrogens with zero attached hydrogens (tertiary/aromatic N) is 11. The van der Waals surface area contributed by atoms with Crippen molar-refractivity contribution in [1.82, 2.24) is 86.1 Å². The minimum absolute atomic E-state index is 0.0900. The molecule has 36 heteroatoms. The van der Waals surface area contributed by atoms with E-state index in [4.69, 9.17) is 61.3 Å². The summed E-state index contributed by atoms with van der Waals surface area (Å²) in [4.78, 5) is 81.9. The predicted octanol–water partition coefficient (Wildman–Crippen LogP) is 16.2.